The highest BCUT2D eigenvalue weighted by atomic mass is 16.5. The summed E-state index contributed by atoms with van der Waals surface area (Å²) >= 11 is 0. The van der Waals surface area contributed by atoms with Crippen LogP contribution in [0, 0.1) is 11.3 Å². The molecule has 0 aromatic heterocycles. The second-order valence-electron chi connectivity index (χ2n) is 4.25. The Labute approximate surface area is 125 Å². The molecule has 1 aromatic carbocycles. The van der Waals surface area contributed by atoms with Gasteiger partial charge in [0.2, 0.25) is 0 Å². The maximum atomic E-state index is 11.9. The summed E-state index contributed by atoms with van der Waals surface area (Å²) in [6.07, 6.45) is 2.26. The molecule has 0 unspecified atom stereocenters. The average Bonchev–Trinajstić information content (AvgIpc) is 2.52. The molecule has 5 nitrogen and oxygen atoms in total. The zero-order valence-corrected chi connectivity index (χ0v) is 12.4. The number of nitrogens with zero attached hydrogens (tertiary/aromatic N) is 1. The lowest BCUT2D eigenvalue weighted by molar-refractivity contribution is -0.117. The standard InChI is InChI=1S/C16H20N2O3/c1-3-21-9-5-8-18-16(19)14(12-17)10-13-6-4-7-15(11-13)20-2/h4,6-7,10-11H,3,5,8-9H2,1-2H3,(H,18,19)/b14-10+. The number of hydrogen-bond donors (Lipinski definition) is 1. The zero-order valence-electron chi connectivity index (χ0n) is 12.4. The summed E-state index contributed by atoms with van der Waals surface area (Å²) in [7, 11) is 1.57. The fourth-order valence-electron chi connectivity index (χ4n) is 1.66. The van der Waals surface area contributed by atoms with Crippen molar-refractivity contribution in [3.8, 4) is 11.8 Å². The fourth-order valence-corrected chi connectivity index (χ4v) is 1.66. The molecule has 0 heterocycles. The third kappa shape index (κ3) is 6.11. The normalized spacial score (nSPS) is 10.8. The van der Waals surface area contributed by atoms with Gasteiger partial charge in [-0.15, -0.1) is 0 Å². The Balaban J connectivity index is 2.62. The predicted molar refractivity (Wildman–Crippen MR) is 80.7 cm³/mol. The molecule has 0 aliphatic heterocycles. The van der Waals surface area contributed by atoms with Crippen LogP contribution < -0.4 is 10.1 Å². The minimum absolute atomic E-state index is 0.0691. The Kier molecular flexibility index (Phi) is 7.62. The Morgan fingerprint density at radius 1 is 1.48 bits per heavy atom. The molecule has 1 aromatic rings. The molecule has 0 saturated carbocycles. The van der Waals surface area contributed by atoms with Crippen LogP contribution in [0.25, 0.3) is 6.08 Å². The largest absolute Gasteiger partial charge is 0.497 e. The van der Waals surface area contributed by atoms with Crippen molar-refractivity contribution < 1.29 is 14.3 Å². The molecule has 0 fully saturated rings. The number of hydrogen-bond acceptors (Lipinski definition) is 4. The number of nitriles is 1. The van der Waals surface area contributed by atoms with Gasteiger partial charge in [-0.1, -0.05) is 12.1 Å². The maximum absolute atomic E-state index is 11.9. The van der Waals surface area contributed by atoms with Crippen molar-refractivity contribution in [2.45, 2.75) is 13.3 Å². The molecular weight excluding hydrogens is 268 g/mol. The highest BCUT2D eigenvalue weighted by Crippen LogP contribution is 2.15. The van der Waals surface area contributed by atoms with E-state index in [1.54, 1.807) is 31.4 Å². The van der Waals surface area contributed by atoms with Crippen LogP contribution in [0.3, 0.4) is 0 Å². The molecular formula is C16H20N2O3. The zero-order chi connectivity index (χ0) is 15.5. The van der Waals surface area contributed by atoms with E-state index in [1.807, 2.05) is 19.1 Å². The van der Waals surface area contributed by atoms with E-state index in [9.17, 15) is 4.79 Å². The lowest BCUT2D eigenvalue weighted by atomic mass is 10.1. The van der Waals surface area contributed by atoms with Gasteiger partial charge in [0.05, 0.1) is 7.11 Å². The van der Waals surface area contributed by atoms with E-state index < -0.39 is 0 Å². The number of methoxy groups -OCH3 is 1. The number of carbonyl (C=O) groups is 1. The molecule has 0 aliphatic carbocycles. The SMILES string of the molecule is CCOCCCNC(=O)/C(C#N)=C/c1cccc(OC)c1. The van der Waals surface area contributed by atoms with Crippen LogP contribution in [0.2, 0.25) is 0 Å². The van der Waals surface area contributed by atoms with E-state index in [0.717, 1.165) is 12.0 Å². The fraction of sp³-hybridized carbons (Fsp3) is 0.375. The molecule has 1 N–H and O–H groups in total. The molecule has 0 atom stereocenters. The van der Waals surface area contributed by atoms with Gasteiger partial charge in [-0.25, -0.2) is 0 Å². The van der Waals surface area contributed by atoms with Crippen LogP contribution in [-0.4, -0.2) is 32.8 Å². The summed E-state index contributed by atoms with van der Waals surface area (Å²) in [4.78, 5) is 11.9. The van der Waals surface area contributed by atoms with Gasteiger partial charge < -0.3 is 14.8 Å². The first-order valence-electron chi connectivity index (χ1n) is 6.83. The Bertz CT molecular complexity index is 533. The van der Waals surface area contributed by atoms with E-state index in [0.29, 0.717) is 25.5 Å². The summed E-state index contributed by atoms with van der Waals surface area (Å²) in [6.45, 7) is 3.66. The Hall–Kier alpha value is -2.32. The Morgan fingerprint density at radius 2 is 2.29 bits per heavy atom. The van der Waals surface area contributed by atoms with Crippen LogP contribution in [0.4, 0.5) is 0 Å². The van der Waals surface area contributed by atoms with Crippen LogP contribution in [0.1, 0.15) is 18.9 Å². The lowest BCUT2D eigenvalue weighted by Gasteiger charge is -2.05. The number of benzene rings is 1. The summed E-state index contributed by atoms with van der Waals surface area (Å²) in [5.74, 6) is 0.301. The third-order valence-electron chi connectivity index (χ3n) is 2.73. The topological polar surface area (TPSA) is 71.3 Å². The number of carbonyl (C=O) groups excluding carboxylic acids is 1. The van der Waals surface area contributed by atoms with Gasteiger partial charge >= 0.3 is 0 Å². The monoisotopic (exact) mass is 288 g/mol. The van der Waals surface area contributed by atoms with Crippen LogP contribution in [0.5, 0.6) is 5.75 Å². The lowest BCUT2D eigenvalue weighted by Crippen LogP contribution is -2.26. The number of ether oxygens (including phenoxy) is 2. The van der Waals surface area contributed by atoms with Gasteiger partial charge in [0, 0.05) is 19.8 Å². The summed E-state index contributed by atoms with van der Waals surface area (Å²) < 4.78 is 10.3. The molecule has 0 spiro atoms. The van der Waals surface area contributed by atoms with Crippen LogP contribution in [-0.2, 0) is 9.53 Å². The number of nitrogens with one attached hydrogen (secondary N) is 1. The van der Waals surface area contributed by atoms with Gasteiger partial charge in [-0.2, -0.15) is 5.26 Å². The van der Waals surface area contributed by atoms with E-state index in [2.05, 4.69) is 5.32 Å². The first-order chi connectivity index (χ1) is 10.2. The second-order valence-corrected chi connectivity index (χ2v) is 4.25. The first kappa shape index (κ1) is 16.7. The summed E-state index contributed by atoms with van der Waals surface area (Å²) in [5, 5.41) is 11.8. The highest BCUT2D eigenvalue weighted by molar-refractivity contribution is 6.01. The molecule has 112 valence electrons. The Morgan fingerprint density at radius 3 is 2.95 bits per heavy atom. The van der Waals surface area contributed by atoms with Crippen molar-refractivity contribution in [2.75, 3.05) is 26.9 Å². The van der Waals surface area contributed by atoms with E-state index in [1.165, 1.54) is 0 Å². The van der Waals surface area contributed by atoms with Crippen molar-refractivity contribution in [3.05, 3.63) is 35.4 Å². The number of rotatable bonds is 8. The van der Waals surface area contributed by atoms with Crippen molar-refractivity contribution in [2.24, 2.45) is 0 Å². The molecule has 5 heteroatoms. The van der Waals surface area contributed by atoms with E-state index in [-0.39, 0.29) is 11.5 Å². The smallest absolute Gasteiger partial charge is 0.261 e. The van der Waals surface area contributed by atoms with Gasteiger partial charge in [0.1, 0.15) is 17.4 Å². The minimum atomic E-state index is -0.378. The highest BCUT2D eigenvalue weighted by Gasteiger charge is 2.08. The molecule has 0 bridgehead atoms. The molecule has 0 saturated heterocycles. The third-order valence-corrected chi connectivity index (χ3v) is 2.73. The van der Waals surface area contributed by atoms with Crippen molar-refractivity contribution in [1.82, 2.24) is 5.32 Å². The molecule has 0 radical (unpaired) electrons. The predicted octanol–water partition coefficient (Wildman–Crippen LogP) is 2.14. The minimum Gasteiger partial charge on any atom is -0.497 e. The van der Waals surface area contributed by atoms with E-state index >= 15 is 0 Å². The van der Waals surface area contributed by atoms with Gasteiger partial charge in [0.25, 0.3) is 5.91 Å². The molecule has 21 heavy (non-hydrogen) atoms. The summed E-state index contributed by atoms with van der Waals surface area (Å²) in [5.41, 5.74) is 0.815. The first-order valence-corrected chi connectivity index (χ1v) is 6.83. The molecule has 1 amide bonds. The van der Waals surface area contributed by atoms with Crippen molar-refractivity contribution in [3.63, 3.8) is 0 Å². The van der Waals surface area contributed by atoms with Gasteiger partial charge in [0.15, 0.2) is 0 Å². The van der Waals surface area contributed by atoms with Crippen molar-refractivity contribution in [1.29, 1.82) is 5.26 Å². The average molecular weight is 288 g/mol. The van der Waals surface area contributed by atoms with Crippen LogP contribution >= 0.6 is 0 Å². The quantitative estimate of drug-likeness (QED) is 0.452. The van der Waals surface area contributed by atoms with E-state index in [4.69, 9.17) is 14.7 Å². The molecule has 0 aliphatic rings. The number of amides is 1. The second kappa shape index (κ2) is 9.56. The van der Waals surface area contributed by atoms with Crippen LogP contribution in [0.15, 0.2) is 29.8 Å². The molecule has 1 rings (SSSR count). The maximum Gasteiger partial charge on any atom is 0.261 e. The van der Waals surface area contributed by atoms with Gasteiger partial charge in [-0.05, 0) is 37.1 Å². The summed E-state index contributed by atoms with van der Waals surface area (Å²) in [6, 6.07) is 9.10. The van der Waals surface area contributed by atoms with Crippen molar-refractivity contribution >= 4 is 12.0 Å². The van der Waals surface area contributed by atoms with Gasteiger partial charge in [-0.3, -0.25) is 4.79 Å².